The van der Waals surface area contributed by atoms with Crippen molar-refractivity contribution in [2.24, 2.45) is 0 Å². The number of aliphatic hydroxyl groups is 1. The Morgan fingerprint density at radius 2 is 2.09 bits per heavy atom. The van der Waals surface area contributed by atoms with Crippen molar-refractivity contribution in [3.05, 3.63) is 40.8 Å². The van der Waals surface area contributed by atoms with Crippen molar-refractivity contribution in [3.8, 4) is 5.75 Å². The number of hydrogen-bond donors (Lipinski definition) is 3. The van der Waals surface area contributed by atoms with Crippen LogP contribution in [0.3, 0.4) is 0 Å². The summed E-state index contributed by atoms with van der Waals surface area (Å²) in [5.74, 6) is 2.32. The number of methoxy groups -OCH3 is 1. The van der Waals surface area contributed by atoms with Crippen LogP contribution in [0.5, 0.6) is 5.75 Å². The van der Waals surface area contributed by atoms with Crippen molar-refractivity contribution in [2.45, 2.75) is 52.5 Å². The van der Waals surface area contributed by atoms with Crippen molar-refractivity contribution in [2.75, 3.05) is 43.6 Å². The average molecular weight is 442 g/mol. The van der Waals surface area contributed by atoms with E-state index in [1.54, 1.807) is 12.0 Å². The van der Waals surface area contributed by atoms with Gasteiger partial charge in [-0.05, 0) is 38.3 Å². The number of ether oxygens (including phenoxy) is 1. The van der Waals surface area contributed by atoms with Crippen molar-refractivity contribution >= 4 is 17.4 Å². The molecule has 0 spiro atoms. The van der Waals surface area contributed by atoms with Gasteiger partial charge < -0.3 is 25.4 Å². The quantitative estimate of drug-likeness (QED) is 0.521. The first-order valence-electron chi connectivity index (χ1n) is 11.4. The molecule has 174 valence electrons. The van der Waals surface area contributed by atoms with Crippen LogP contribution in [0.1, 0.15) is 48.8 Å². The number of aromatic nitrogens is 2. The number of benzene rings is 1. The molecule has 1 aliphatic heterocycles. The highest BCUT2D eigenvalue weighted by Gasteiger charge is 2.21. The van der Waals surface area contributed by atoms with Gasteiger partial charge in [-0.3, -0.25) is 4.79 Å². The molecule has 8 heteroatoms. The number of anilines is 2. The fraction of sp³-hybridized carbons (Fsp3) is 0.542. The Morgan fingerprint density at radius 1 is 1.28 bits per heavy atom. The van der Waals surface area contributed by atoms with Crippen LogP contribution in [-0.4, -0.2) is 60.4 Å². The Bertz CT molecular complexity index is 928. The van der Waals surface area contributed by atoms with Crippen molar-refractivity contribution in [3.63, 3.8) is 0 Å². The van der Waals surface area contributed by atoms with Gasteiger partial charge in [0.05, 0.1) is 13.7 Å². The van der Waals surface area contributed by atoms with Crippen LogP contribution in [0.2, 0.25) is 0 Å². The van der Waals surface area contributed by atoms with Gasteiger partial charge in [-0.25, -0.2) is 9.97 Å². The van der Waals surface area contributed by atoms with E-state index in [0.717, 1.165) is 53.5 Å². The van der Waals surface area contributed by atoms with Crippen molar-refractivity contribution in [1.29, 1.82) is 0 Å². The van der Waals surface area contributed by atoms with Gasteiger partial charge in [0.15, 0.2) is 0 Å². The minimum absolute atomic E-state index is 0.0613. The van der Waals surface area contributed by atoms with Crippen LogP contribution in [0.4, 0.5) is 11.5 Å². The Balaban J connectivity index is 1.91. The van der Waals surface area contributed by atoms with Crippen LogP contribution >= 0.6 is 0 Å². The molecule has 1 aromatic heterocycles. The summed E-state index contributed by atoms with van der Waals surface area (Å²) in [6.07, 6.45) is 3.26. The Hall–Kier alpha value is -2.71. The average Bonchev–Trinajstić information content (AvgIpc) is 2.77. The van der Waals surface area contributed by atoms with Crippen LogP contribution in [0.15, 0.2) is 18.2 Å². The molecule has 1 aromatic carbocycles. The molecule has 3 rings (SSSR count). The smallest absolute Gasteiger partial charge is 0.240 e. The third-order valence-electron chi connectivity index (χ3n) is 5.82. The molecule has 1 aliphatic rings. The molecule has 0 radical (unpaired) electrons. The lowest BCUT2D eigenvalue weighted by atomic mass is 10.0. The van der Waals surface area contributed by atoms with E-state index in [1.165, 1.54) is 0 Å². The zero-order chi connectivity index (χ0) is 23.1. The number of carbonyl (C=O) groups excluding carboxylic acids is 1. The largest absolute Gasteiger partial charge is 0.496 e. The van der Waals surface area contributed by atoms with Gasteiger partial charge in [-0.15, -0.1) is 0 Å². The minimum atomic E-state index is 0.0613. The zero-order valence-electron chi connectivity index (χ0n) is 19.6. The Labute approximate surface area is 190 Å². The van der Waals surface area contributed by atoms with Gasteiger partial charge in [0.25, 0.3) is 0 Å². The molecule has 8 nitrogen and oxygen atoms in total. The monoisotopic (exact) mass is 441 g/mol. The third-order valence-corrected chi connectivity index (χ3v) is 5.82. The third kappa shape index (κ3) is 5.75. The fourth-order valence-corrected chi connectivity index (χ4v) is 4.17. The highest BCUT2D eigenvalue weighted by molar-refractivity contribution is 5.95. The number of nitrogens with zero attached hydrogens (tertiary/aromatic N) is 3. The van der Waals surface area contributed by atoms with E-state index in [1.807, 2.05) is 32.0 Å². The normalized spacial score (nSPS) is 15.0. The lowest BCUT2D eigenvalue weighted by Crippen LogP contribution is -2.48. The number of piperazine rings is 1. The number of rotatable bonds is 10. The van der Waals surface area contributed by atoms with Gasteiger partial charge in [-0.2, -0.15) is 0 Å². The molecule has 0 bridgehead atoms. The summed E-state index contributed by atoms with van der Waals surface area (Å²) < 4.78 is 5.70. The van der Waals surface area contributed by atoms with E-state index in [4.69, 9.17) is 4.74 Å². The van der Waals surface area contributed by atoms with Gasteiger partial charge in [-0.1, -0.05) is 19.4 Å². The molecule has 1 amide bonds. The number of hydrogen-bond acceptors (Lipinski definition) is 7. The zero-order valence-corrected chi connectivity index (χ0v) is 19.6. The number of carbonyl (C=O) groups is 1. The van der Waals surface area contributed by atoms with Crippen LogP contribution in [0.25, 0.3) is 0 Å². The second kappa shape index (κ2) is 11.2. The van der Waals surface area contributed by atoms with E-state index in [-0.39, 0.29) is 18.6 Å². The van der Waals surface area contributed by atoms with E-state index in [2.05, 4.69) is 27.5 Å². The first-order chi connectivity index (χ1) is 15.5. The molecule has 2 heterocycles. The number of nitrogens with one attached hydrogen (secondary N) is 2. The molecule has 1 saturated heterocycles. The standard InChI is InChI=1S/C24H35N5O3/c1-5-6-19(9-12-30)28-24-21(16(2)26-17(3)27-24)13-18-7-8-20(14-22(18)32-4)29-11-10-25-15-23(29)31/h7-8,14,19,25,30H,5-6,9-13,15H2,1-4H3,(H,26,27,28)/t19-/m0/s1. The highest BCUT2D eigenvalue weighted by atomic mass is 16.5. The van der Waals surface area contributed by atoms with E-state index in [0.29, 0.717) is 31.8 Å². The van der Waals surface area contributed by atoms with Crippen molar-refractivity contribution < 1.29 is 14.6 Å². The molecule has 2 aromatic rings. The summed E-state index contributed by atoms with van der Waals surface area (Å²) in [5, 5.41) is 16.1. The molecule has 3 N–H and O–H groups in total. The summed E-state index contributed by atoms with van der Waals surface area (Å²) in [5.41, 5.74) is 3.78. The maximum absolute atomic E-state index is 12.3. The van der Waals surface area contributed by atoms with E-state index < -0.39 is 0 Å². The highest BCUT2D eigenvalue weighted by Crippen LogP contribution is 2.31. The molecule has 0 saturated carbocycles. The molecular formula is C24H35N5O3. The molecule has 1 fully saturated rings. The predicted molar refractivity (Wildman–Crippen MR) is 127 cm³/mol. The Morgan fingerprint density at radius 3 is 2.78 bits per heavy atom. The second-order valence-electron chi connectivity index (χ2n) is 8.22. The lowest BCUT2D eigenvalue weighted by molar-refractivity contribution is -0.118. The number of aliphatic hydroxyl groups excluding tert-OH is 1. The lowest BCUT2D eigenvalue weighted by Gasteiger charge is -2.28. The van der Waals surface area contributed by atoms with E-state index in [9.17, 15) is 9.90 Å². The maximum atomic E-state index is 12.3. The summed E-state index contributed by atoms with van der Waals surface area (Å²) in [6, 6.07) is 6.08. The SMILES string of the molecule is CCC[C@@H](CCO)Nc1nc(C)nc(C)c1Cc1ccc(N2CCNCC2=O)cc1OC. The van der Waals surface area contributed by atoms with Crippen LogP contribution in [0, 0.1) is 13.8 Å². The van der Waals surface area contributed by atoms with Crippen molar-refractivity contribution in [1.82, 2.24) is 15.3 Å². The summed E-state index contributed by atoms with van der Waals surface area (Å²) >= 11 is 0. The molecule has 32 heavy (non-hydrogen) atoms. The minimum Gasteiger partial charge on any atom is -0.496 e. The topological polar surface area (TPSA) is 99.6 Å². The number of aryl methyl sites for hydroxylation is 2. The van der Waals surface area contributed by atoms with Crippen LogP contribution < -0.4 is 20.3 Å². The fourth-order valence-electron chi connectivity index (χ4n) is 4.17. The second-order valence-corrected chi connectivity index (χ2v) is 8.22. The first kappa shape index (κ1) is 23.9. The Kier molecular flexibility index (Phi) is 8.41. The molecule has 1 atom stereocenters. The number of amides is 1. The maximum Gasteiger partial charge on any atom is 0.240 e. The van der Waals surface area contributed by atoms with E-state index >= 15 is 0 Å². The first-order valence-corrected chi connectivity index (χ1v) is 11.4. The summed E-state index contributed by atoms with van der Waals surface area (Å²) in [6.45, 7) is 7.93. The summed E-state index contributed by atoms with van der Waals surface area (Å²) in [7, 11) is 1.65. The van der Waals surface area contributed by atoms with Gasteiger partial charge in [0.2, 0.25) is 5.91 Å². The predicted octanol–water partition coefficient (Wildman–Crippen LogP) is 2.59. The molecule has 0 aliphatic carbocycles. The molecular weight excluding hydrogens is 406 g/mol. The van der Waals surface area contributed by atoms with Gasteiger partial charge >= 0.3 is 0 Å². The molecule has 0 unspecified atom stereocenters. The van der Waals surface area contributed by atoms with Crippen LogP contribution in [-0.2, 0) is 11.2 Å². The van der Waals surface area contributed by atoms with Gasteiger partial charge in [0.1, 0.15) is 17.4 Å². The van der Waals surface area contributed by atoms with Gasteiger partial charge in [0, 0.05) is 55.2 Å². The summed E-state index contributed by atoms with van der Waals surface area (Å²) in [4.78, 5) is 23.3.